The van der Waals surface area contributed by atoms with Gasteiger partial charge >= 0.3 is 0 Å². The van der Waals surface area contributed by atoms with Crippen LogP contribution in [0.1, 0.15) is 31.3 Å². The van der Waals surface area contributed by atoms with Crippen LogP contribution in [0.15, 0.2) is 30.3 Å². The Balaban J connectivity index is 2.72. The first kappa shape index (κ1) is 13.9. The molecule has 0 aromatic heterocycles. The molecule has 94 valence electrons. The first-order valence-corrected chi connectivity index (χ1v) is 5.92. The molecule has 3 nitrogen and oxygen atoms in total. The maximum absolute atomic E-state index is 8.68. The summed E-state index contributed by atoms with van der Waals surface area (Å²) in [6, 6.07) is 7.92. The third kappa shape index (κ3) is 4.69. The number of hydrogen-bond donors (Lipinski definition) is 1. The molecule has 3 heteroatoms. The average molecular weight is 236 g/mol. The van der Waals surface area contributed by atoms with Crippen LogP contribution in [-0.2, 0) is 9.47 Å². The maximum Gasteiger partial charge on any atom is 0.183 e. The molecule has 0 fully saturated rings. The van der Waals surface area contributed by atoms with Gasteiger partial charge in [0.25, 0.3) is 0 Å². The van der Waals surface area contributed by atoms with Crippen molar-refractivity contribution >= 4 is 6.08 Å². The van der Waals surface area contributed by atoms with Gasteiger partial charge in [-0.05, 0) is 19.4 Å². The predicted octanol–water partition coefficient (Wildman–Crippen LogP) is 2.76. The molecule has 0 heterocycles. The van der Waals surface area contributed by atoms with Crippen LogP contribution < -0.4 is 0 Å². The largest absolute Gasteiger partial charge is 0.392 e. The Bertz CT molecular complexity index is 324. The third-order valence-corrected chi connectivity index (χ3v) is 2.26. The van der Waals surface area contributed by atoms with E-state index in [9.17, 15) is 0 Å². The van der Waals surface area contributed by atoms with E-state index in [4.69, 9.17) is 14.6 Å². The van der Waals surface area contributed by atoms with E-state index in [1.165, 1.54) is 0 Å². The Morgan fingerprint density at radius 2 is 1.71 bits per heavy atom. The number of rotatable bonds is 7. The van der Waals surface area contributed by atoms with Gasteiger partial charge in [0.15, 0.2) is 6.29 Å². The van der Waals surface area contributed by atoms with Gasteiger partial charge in [-0.1, -0.05) is 36.4 Å². The van der Waals surface area contributed by atoms with Crippen LogP contribution in [-0.4, -0.2) is 24.9 Å². The molecule has 0 aliphatic heterocycles. The van der Waals surface area contributed by atoms with Crippen molar-refractivity contribution in [2.75, 3.05) is 19.8 Å². The average Bonchev–Trinajstić information content (AvgIpc) is 2.37. The highest BCUT2D eigenvalue weighted by Gasteiger charge is 2.10. The predicted molar refractivity (Wildman–Crippen MR) is 68.6 cm³/mol. The van der Waals surface area contributed by atoms with Crippen molar-refractivity contribution < 1.29 is 14.6 Å². The lowest BCUT2D eigenvalue weighted by atomic mass is 10.1. The second kappa shape index (κ2) is 8.01. The molecule has 0 saturated heterocycles. The van der Waals surface area contributed by atoms with Crippen LogP contribution in [0.25, 0.3) is 6.08 Å². The lowest BCUT2D eigenvalue weighted by Crippen LogP contribution is -2.08. The Kier molecular flexibility index (Phi) is 6.55. The maximum atomic E-state index is 8.68. The molecule has 0 atom stereocenters. The highest BCUT2D eigenvalue weighted by Crippen LogP contribution is 2.19. The Morgan fingerprint density at radius 1 is 1.12 bits per heavy atom. The van der Waals surface area contributed by atoms with E-state index in [0.717, 1.165) is 11.1 Å². The molecular formula is C14H20O3. The second-order valence-corrected chi connectivity index (χ2v) is 3.49. The first-order valence-electron chi connectivity index (χ1n) is 5.92. The third-order valence-electron chi connectivity index (χ3n) is 2.26. The quantitative estimate of drug-likeness (QED) is 0.740. The van der Waals surface area contributed by atoms with E-state index in [2.05, 4.69) is 0 Å². The summed E-state index contributed by atoms with van der Waals surface area (Å²) in [4.78, 5) is 0. The molecule has 1 aromatic rings. The summed E-state index contributed by atoms with van der Waals surface area (Å²) in [6.45, 7) is 5.20. The molecule has 0 bridgehead atoms. The summed E-state index contributed by atoms with van der Waals surface area (Å²) in [7, 11) is 0. The number of aliphatic hydroxyl groups excluding tert-OH is 1. The summed E-state index contributed by atoms with van der Waals surface area (Å²) in [5.74, 6) is 0. The fourth-order valence-corrected chi connectivity index (χ4v) is 1.50. The van der Waals surface area contributed by atoms with Crippen molar-refractivity contribution in [1.82, 2.24) is 0 Å². The molecule has 0 spiro atoms. The van der Waals surface area contributed by atoms with Crippen LogP contribution in [0.5, 0.6) is 0 Å². The van der Waals surface area contributed by atoms with Gasteiger partial charge < -0.3 is 14.6 Å². The smallest absolute Gasteiger partial charge is 0.183 e. The number of benzene rings is 1. The van der Waals surface area contributed by atoms with Crippen LogP contribution >= 0.6 is 0 Å². The fourth-order valence-electron chi connectivity index (χ4n) is 1.50. The summed E-state index contributed by atoms with van der Waals surface area (Å²) in [6.07, 6.45) is 3.29. The molecule has 0 unspecified atom stereocenters. The van der Waals surface area contributed by atoms with Crippen molar-refractivity contribution in [2.24, 2.45) is 0 Å². The van der Waals surface area contributed by atoms with Crippen LogP contribution in [0, 0.1) is 0 Å². The Morgan fingerprint density at radius 3 is 2.18 bits per heavy atom. The van der Waals surface area contributed by atoms with Crippen LogP contribution in [0.2, 0.25) is 0 Å². The van der Waals surface area contributed by atoms with Gasteiger partial charge in [-0.25, -0.2) is 0 Å². The molecule has 0 aliphatic carbocycles. The highest BCUT2D eigenvalue weighted by atomic mass is 16.7. The minimum atomic E-state index is -0.291. The van der Waals surface area contributed by atoms with Gasteiger partial charge in [0, 0.05) is 18.8 Å². The van der Waals surface area contributed by atoms with Crippen molar-refractivity contribution in [3.05, 3.63) is 41.5 Å². The van der Waals surface area contributed by atoms with Crippen molar-refractivity contribution in [2.45, 2.75) is 20.1 Å². The van der Waals surface area contributed by atoms with Crippen LogP contribution in [0.3, 0.4) is 0 Å². The molecule has 1 rings (SSSR count). The summed E-state index contributed by atoms with van der Waals surface area (Å²) >= 11 is 0. The van der Waals surface area contributed by atoms with Crippen molar-refractivity contribution in [3.63, 3.8) is 0 Å². The molecule has 1 N–H and O–H groups in total. The zero-order valence-corrected chi connectivity index (χ0v) is 10.4. The fraction of sp³-hybridized carbons (Fsp3) is 0.429. The lowest BCUT2D eigenvalue weighted by Gasteiger charge is -2.17. The standard InChI is InChI=1S/C14H20O3/c1-3-16-14(17-4-2)13-9-7-12(8-10-13)6-5-11-15/h5-10,14-15H,3-4,11H2,1-2H3. The number of aliphatic hydroxyl groups is 1. The molecule has 1 aromatic carbocycles. The minimum Gasteiger partial charge on any atom is -0.392 e. The molecule has 0 aliphatic rings. The number of ether oxygens (including phenoxy) is 2. The normalized spacial score (nSPS) is 11.5. The number of hydrogen-bond acceptors (Lipinski definition) is 3. The summed E-state index contributed by atoms with van der Waals surface area (Å²) in [5.41, 5.74) is 2.06. The van der Waals surface area contributed by atoms with Gasteiger partial charge in [0.05, 0.1) is 6.61 Å². The van der Waals surface area contributed by atoms with Crippen molar-refractivity contribution in [3.8, 4) is 0 Å². The highest BCUT2D eigenvalue weighted by molar-refractivity contribution is 5.49. The van der Waals surface area contributed by atoms with Crippen LogP contribution in [0.4, 0.5) is 0 Å². The topological polar surface area (TPSA) is 38.7 Å². The monoisotopic (exact) mass is 236 g/mol. The van der Waals surface area contributed by atoms with E-state index in [0.29, 0.717) is 13.2 Å². The summed E-state index contributed by atoms with van der Waals surface area (Å²) in [5, 5.41) is 8.68. The van der Waals surface area contributed by atoms with E-state index in [1.807, 2.05) is 44.2 Å². The van der Waals surface area contributed by atoms with Gasteiger partial charge in [-0.3, -0.25) is 0 Å². The van der Waals surface area contributed by atoms with E-state index in [1.54, 1.807) is 6.08 Å². The van der Waals surface area contributed by atoms with E-state index in [-0.39, 0.29) is 12.9 Å². The second-order valence-electron chi connectivity index (χ2n) is 3.49. The Hall–Kier alpha value is -1.16. The van der Waals surface area contributed by atoms with Gasteiger partial charge in [0.2, 0.25) is 0 Å². The molecule has 0 amide bonds. The van der Waals surface area contributed by atoms with Gasteiger partial charge in [-0.2, -0.15) is 0 Å². The minimum absolute atomic E-state index is 0.0578. The zero-order chi connectivity index (χ0) is 12.5. The molecular weight excluding hydrogens is 216 g/mol. The Labute approximate surface area is 103 Å². The molecule has 0 saturated carbocycles. The summed E-state index contributed by atoms with van der Waals surface area (Å²) < 4.78 is 11.0. The van der Waals surface area contributed by atoms with E-state index < -0.39 is 0 Å². The zero-order valence-electron chi connectivity index (χ0n) is 10.4. The van der Waals surface area contributed by atoms with Crippen molar-refractivity contribution in [1.29, 1.82) is 0 Å². The SMILES string of the molecule is CCOC(OCC)c1ccc(C=CCO)cc1. The van der Waals surface area contributed by atoms with Gasteiger partial charge in [-0.15, -0.1) is 0 Å². The molecule has 0 radical (unpaired) electrons. The van der Waals surface area contributed by atoms with Gasteiger partial charge in [0.1, 0.15) is 0 Å². The first-order chi connectivity index (χ1) is 8.31. The molecule has 17 heavy (non-hydrogen) atoms. The lowest BCUT2D eigenvalue weighted by molar-refractivity contribution is -0.140. The van der Waals surface area contributed by atoms with E-state index >= 15 is 0 Å².